The second-order valence-corrected chi connectivity index (χ2v) is 7.73. The molecule has 1 aromatic carbocycles. The number of aryl methyl sites for hydroxylation is 1. The number of anilines is 1. The molecule has 2 aliphatic carbocycles. The Hall–Kier alpha value is -2.14. The molecule has 1 aromatic heterocycles. The Morgan fingerprint density at radius 2 is 1.88 bits per heavy atom. The molecular weight excluding hydrogens is 320 g/mol. The minimum absolute atomic E-state index is 0.00458. The highest BCUT2D eigenvalue weighted by Gasteiger charge is 2.44. The maximum atomic E-state index is 12.6. The van der Waals surface area contributed by atoms with E-state index in [1.165, 1.54) is 21.8 Å². The van der Waals surface area contributed by atoms with Crippen LogP contribution in [0.1, 0.15) is 51.5 Å². The van der Waals surface area contributed by atoms with Crippen molar-refractivity contribution < 1.29 is 9.59 Å². The van der Waals surface area contributed by atoms with E-state index >= 15 is 0 Å². The minimum Gasteiger partial charge on any atom is -0.365 e. The summed E-state index contributed by atoms with van der Waals surface area (Å²) in [6, 6.07) is 10.1. The summed E-state index contributed by atoms with van der Waals surface area (Å²) in [5.41, 5.74) is 8.39. The number of hydrogen-bond donors (Lipinski definition) is 2. The van der Waals surface area contributed by atoms with E-state index in [-0.39, 0.29) is 17.7 Å². The summed E-state index contributed by atoms with van der Waals surface area (Å²) in [4.78, 5) is 25.7. The van der Waals surface area contributed by atoms with Gasteiger partial charge in [0.15, 0.2) is 0 Å². The van der Waals surface area contributed by atoms with E-state index in [2.05, 4.69) is 17.4 Å². The molecule has 3 N–H and O–H groups in total. The average molecular weight is 340 g/mol. The van der Waals surface area contributed by atoms with Gasteiger partial charge in [-0.15, -0.1) is 11.3 Å². The third-order valence-electron chi connectivity index (χ3n) is 5.01. The van der Waals surface area contributed by atoms with Crippen LogP contribution in [0.15, 0.2) is 30.3 Å². The van der Waals surface area contributed by atoms with Crippen molar-refractivity contribution in [3.05, 3.63) is 51.9 Å². The number of hydrogen-bond acceptors (Lipinski definition) is 3. The average Bonchev–Trinajstić information content (AvgIpc) is 3.30. The van der Waals surface area contributed by atoms with Gasteiger partial charge in [-0.05, 0) is 49.1 Å². The fourth-order valence-corrected chi connectivity index (χ4v) is 4.97. The summed E-state index contributed by atoms with van der Waals surface area (Å²) >= 11 is 1.53. The lowest BCUT2D eigenvalue weighted by Crippen LogP contribution is -2.19. The van der Waals surface area contributed by atoms with Crippen molar-refractivity contribution in [1.82, 2.24) is 0 Å². The minimum atomic E-state index is -0.430. The highest BCUT2D eigenvalue weighted by Crippen LogP contribution is 2.48. The zero-order valence-electron chi connectivity index (χ0n) is 13.4. The van der Waals surface area contributed by atoms with Gasteiger partial charge in [-0.3, -0.25) is 9.59 Å². The first-order valence-corrected chi connectivity index (χ1v) is 9.27. The van der Waals surface area contributed by atoms with E-state index in [1.807, 2.05) is 18.2 Å². The van der Waals surface area contributed by atoms with Gasteiger partial charge in [0.05, 0.1) is 5.56 Å². The molecule has 0 bridgehead atoms. The Morgan fingerprint density at radius 3 is 2.62 bits per heavy atom. The number of carbonyl (C=O) groups is 2. The van der Waals surface area contributed by atoms with Crippen LogP contribution in [0.4, 0.5) is 5.00 Å². The maximum absolute atomic E-state index is 12.6. The van der Waals surface area contributed by atoms with Gasteiger partial charge in [0.1, 0.15) is 5.00 Å². The molecule has 1 fully saturated rings. The van der Waals surface area contributed by atoms with E-state index in [0.29, 0.717) is 10.6 Å². The van der Waals surface area contributed by atoms with E-state index < -0.39 is 5.91 Å². The van der Waals surface area contributed by atoms with Gasteiger partial charge < -0.3 is 11.1 Å². The van der Waals surface area contributed by atoms with Gasteiger partial charge in [0, 0.05) is 10.8 Å². The lowest BCUT2D eigenvalue weighted by Gasteiger charge is -2.11. The quantitative estimate of drug-likeness (QED) is 0.894. The first-order valence-electron chi connectivity index (χ1n) is 8.45. The second kappa shape index (κ2) is 6.06. The van der Waals surface area contributed by atoms with E-state index in [4.69, 9.17) is 5.73 Å². The molecule has 2 aliphatic rings. The number of primary amides is 1. The van der Waals surface area contributed by atoms with Gasteiger partial charge in [0.2, 0.25) is 5.91 Å². The number of nitrogens with two attached hydrogens (primary N) is 1. The number of amides is 2. The van der Waals surface area contributed by atoms with Crippen molar-refractivity contribution in [2.75, 3.05) is 5.32 Å². The summed E-state index contributed by atoms with van der Waals surface area (Å²) in [5.74, 6) is -0.143. The molecule has 4 rings (SSSR count). The summed E-state index contributed by atoms with van der Waals surface area (Å²) in [5, 5.41) is 3.64. The fourth-order valence-electron chi connectivity index (χ4n) is 3.67. The van der Waals surface area contributed by atoms with Crippen molar-refractivity contribution in [3.8, 4) is 0 Å². The standard InChI is InChI=1S/C19H20N2O2S/c20-17(22)16-12-8-4-5-9-15(12)24-19(16)21-18(23)14-10-13(14)11-6-2-1-3-7-11/h1-3,6-7,13-14H,4-5,8-10H2,(H2,20,22)(H,21,23)/t13-,14-/m1/s1. The number of benzene rings is 1. The molecule has 1 saturated carbocycles. The van der Waals surface area contributed by atoms with E-state index in [1.54, 1.807) is 0 Å². The lowest BCUT2D eigenvalue weighted by atomic mass is 9.95. The summed E-state index contributed by atoms with van der Waals surface area (Å²) in [6.07, 6.45) is 4.95. The Balaban J connectivity index is 1.53. The van der Waals surface area contributed by atoms with Gasteiger partial charge in [0.25, 0.3) is 5.91 Å². The monoisotopic (exact) mass is 340 g/mol. The van der Waals surface area contributed by atoms with Crippen molar-refractivity contribution >= 4 is 28.2 Å². The van der Waals surface area contributed by atoms with Gasteiger partial charge in [-0.1, -0.05) is 30.3 Å². The number of nitrogens with one attached hydrogen (secondary N) is 1. The Bertz CT molecular complexity index is 797. The number of thiophene rings is 1. The predicted molar refractivity (Wildman–Crippen MR) is 95.4 cm³/mol. The predicted octanol–water partition coefficient (Wildman–Crippen LogP) is 3.47. The molecule has 0 radical (unpaired) electrons. The molecule has 5 heteroatoms. The summed E-state index contributed by atoms with van der Waals surface area (Å²) in [6.45, 7) is 0. The van der Waals surface area contributed by atoms with Crippen LogP contribution in [0.2, 0.25) is 0 Å². The van der Waals surface area contributed by atoms with Crippen LogP contribution < -0.4 is 11.1 Å². The van der Waals surface area contributed by atoms with Gasteiger partial charge >= 0.3 is 0 Å². The van der Waals surface area contributed by atoms with Crippen molar-refractivity contribution in [2.45, 2.75) is 38.0 Å². The molecule has 0 saturated heterocycles. The first kappa shape index (κ1) is 15.4. The third-order valence-corrected chi connectivity index (χ3v) is 6.22. The van der Waals surface area contributed by atoms with E-state index in [0.717, 1.165) is 37.7 Å². The second-order valence-electron chi connectivity index (χ2n) is 6.63. The molecule has 0 spiro atoms. The molecule has 24 heavy (non-hydrogen) atoms. The Morgan fingerprint density at radius 1 is 1.12 bits per heavy atom. The highest BCUT2D eigenvalue weighted by atomic mass is 32.1. The molecule has 124 valence electrons. The Labute approximate surface area is 145 Å². The molecule has 2 aromatic rings. The van der Waals surface area contributed by atoms with Crippen molar-refractivity contribution in [2.24, 2.45) is 11.7 Å². The summed E-state index contributed by atoms with van der Waals surface area (Å²) in [7, 11) is 0. The van der Waals surface area contributed by atoms with Crippen LogP contribution in [-0.4, -0.2) is 11.8 Å². The molecule has 1 heterocycles. The van der Waals surface area contributed by atoms with Crippen LogP contribution >= 0.6 is 11.3 Å². The molecule has 0 aliphatic heterocycles. The van der Waals surface area contributed by atoms with Crippen LogP contribution in [0.25, 0.3) is 0 Å². The number of fused-ring (bicyclic) bond motifs is 1. The van der Waals surface area contributed by atoms with Crippen LogP contribution in [0, 0.1) is 5.92 Å². The third kappa shape index (κ3) is 2.73. The molecule has 2 amide bonds. The molecule has 4 nitrogen and oxygen atoms in total. The topological polar surface area (TPSA) is 72.2 Å². The van der Waals surface area contributed by atoms with Crippen LogP contribution in [0.3, 0.4) is 0 Å². The normalized spacial score (nSPS) is 21.8. The van der Waals surface area contributed by atoms with Gasteiger partial charge in [-0.2, -0.15) is 0 Å². The Kier molecular flexibility index (Phi) is 3.88. The summed E-state index contributed by atoms with van der Waals surface area (Å²) < 4.78 is 0. The van der Waals surface area contributed by atoms with E-state index in [9.17, 15) is 9.59 Å². The molecule has 2 atom stereocenters. The zero-order valence-corrected chi connectivity index (χ0v) is 14.2. The molecule has 0 unspecified atom stereocenters. The smallest absolute Gasteiger partial charge is 0.251 e. The van der Waals surface area contributed by atoms with Crippen molar-refractivity contribution in [3.63, 3.8) is 0 Å². The van der Waals surface area contributed by atoms with Crippen molar-refractivity contribution in [1.29, 1.82) is 0 Å². The van der Waals surface area contributed by atoms with Crippen LogP contribution in [-0.2, 0) is 17.6 Å². The largest absolute Gasteiger partial charge is 0.365 e. The zero-order chi connectivity index (χ0) is 16.7. The van der Waals surface area contributed by atoms with Gasteiger partial charge in [-0.25, -0.2) is 0 Å². The number of carbonyl (C=O) groups excluding carboxylic acids is 2. The number of rotatable bonds is 4. The highest BCUT2D eigenvalue weighted by molar-refractivity contribution is 7.17. The first-order chi connectivity index (χ1) is 11.6. The van der Waals surface area contributed by atoms with Crippen LogP contribution in [0.5, 0.6) is 0 Å². The lowest BCUT2D eigenvalue weighted by molar-refractivity contribution is -0.117. The maximum Gasteiger partial charge on any atom is 0.251 e. The molecular formula is C19H20N2O2S. The SMILES string of the molecule is NC(=O)c1c(NC(=O)[C@@H]2C[C@@H]2c2ccccc2)sc2c1CCCC2. The fraction of sp³-hybridized carbons (Fsp3) is 0.368.